The van der Waals surface area contributed by atoms with Crippen LogP contribution >= 0.6 is 0 Å². The zero-order valence-electron chi connectivity index (χ0n) is 12.1. The van der Waals surface area contributed by atoms with E-state index in [1.807, 2.05) is 0 Å². The normalized spacial score (nSPS) is 28.8. The molecule has 21 heavy (non-hydrogen) atoms. The third-order valence-electron chi connectivity index (χ3n) is 5.44. The van der Waals surface area contributed by atoms with E-state index in [0.29, 0.717) is 12.0 Å². The summed E-state index contributed by atoms with van der Waals surface area (Å²) in [5, 5.41) is 0. The molecule has 3 aliphatic carbocycles. The molecule has 1 heteroatoms. The van der Waals surface area contributed by atoms with E-state index in [1.165, 1.54) is 42.6 Å². The molecular weight excluding hydrogens is 254 g/mol. The van der Waals surface area contributed by atoms with Crippen molar-refractivity contribution in [1.29, 1.82) is 0 Å². The van der Waals surface area contributed by atoms with Gasteiger partial charge in [0.2, 0.25) is 0 Å². The molecule has 5 rings (SSSR count). The fourth-order valence-corrected chi connectivity index (χ4v) is 4.27. The Morgan fingerprint density at radius 2 is 1.76 bits per heavy atom. The molecule has 2 unspecified atom stereocenters. The van der Waals surface area contributed by atoms with Crippen LogP contribution in [-0.4, -0.2) is 6.04 Å². The van der Waals surface area contributed by atoms with Crippen molar-refractivity contribution in [2.75, 3.05) is 4.90 Å². The molecule has 0 fully saturated rings. The van der Waals surface area contributed by atoms with Gasteiger partial charge in [-0.25, -0.2) is 0 Å². The Morgan fingerprint density at radius 1 is 0.905 bits per heavy atom. The highest BCUT2D eigenvalue weighted by molar-refractivity contribution is 5.69. The van der Waals surface area contributed by atoms with Crippen LogP contribution in [0.3, 0.4) is 0 Å². The lowest BCUT2D eigenvalue weighted by Crippen LogP contribution is -2.33. The van der Waals surface area contributed by atoms with Gasteiger partial charge in [0.05, 0.1) is 6.04 Å². The number of rotatable bonds is 1. The molecule has 1 aromatic rings. The van der Waals surface area contributed by atoms with Crippen molar-refractivity contribution in [3.8, 4) is 0 Å². The Bertz CT molecular complexity index is 732. The molecular formula is C20H19N. The van der Waals surface area contributed by atoms with Gasteiger partial charge in [0.1, 0.15) is 0 Å². The van der Waals surface area contributed by atoms with E-state index >= 15 is 0 Å². The highest BCUT2D eigenvalue weighted by Crippen LogP contribution is 2.48. The fourth-order valence-electron chi connectivity index (χ4n) is 4.27. The number of para-hydroxylation sites is 1. The molecule has 1 aromatic carbocycles. The van der Waals surface area contributed by atoms with E-state index < -0.39 is 0 Å². The highest BCUT2D eigenvalue weighted by Gasteiger charge is 2.38. The predicted molar refractivity (Wildman–Crippen MR) is 87.3 cm³/mol. The topological polar surface area (TPSA) is 3.24 Å². The number of nitrogens with zero attached hydrogens (tertiary/aromatic N) is 1. The van der Waals surface area contributed by atoms with Crippen molar-refractivity contribution in [3.63, 3.8) is 0 Å². The van der Waals surface area contributed by atoms with Gasteiger partial charge in [-0.1, -0.05) is 48.1 Å². The lowest BCUT2D eigenvalue weighted by atomic mass is 9.80. The van der Waals surface area contributed by atoms with Gasteiger partial charge in [0, 0.05) is 17.3 Å². The molecule has 1 nitrogen and oxygen atoms in total. The molecule has 1 heterocycles. The van der Waals surface area contributed by atoms with Gasteiger partial charge in [0.25, 0.3) is 0 Å². The standard InChI is InChI=1S/C20H19N/c1-3-7-19-17(5-1)18-6-2-4-8-20(18)21(19)16-12-11-14-9-10-15(14)13-16/h1-8,13,17,19H,9-12H2. The van der Waals surface area contributed by atoms with Gasteiger partial charge in [0.15, 0.2) is 0 Å². The van der Waals surface area contributed by atoms with Crippen molar-refractivity contribution in [3.05, 3.63) is 77.1 Å². The number of benzene rings is 1. The summed E-state index contributed by atoms with van der Waals surface area (Å²) in [6.07, 6.45) is 16.7. The first-order valence-electron chi connectivity index (χ1n) is 8.06. The van der Waals surface area contributed by atoms with Crippen LogP contribution in [0, 0.1) is 0 Å². The van der Waals surface area contributed by atoms with E-state index in [0.717, 1.165) is 0 Å². The lowest BCUT2D eigenvalue weighted by molar-refractivity contribution is 0.661. The van der Waals surface area contributed by atoms with E-state index in [4.69, 9.17) is 0 Å². The van der Waals surface area contributed by atoms with Crippen molar-refractivity contribution in [2.24, 2.45) is 0 Å². The third-order valence-corrected chi connectivity index (χ3v) is 5.44. The Morgan fingerprint density at radius 3 is 2.62 bits per heavy atom. The van der Waals surface area contributed by atoms with Gasteiger partial charge in [-0.15, -0.1) is 0 Å². The van der Waals surface area contributed by atoms with Gasteiger partial charge < -0.3 is 4.90 Å². The largest absolute Gasteiger partial charge is 0.337 e. The number of allylic oxidation sites excluding steroid dienone is 6. The number of anilines is 1. The smallest absolute Gasteiger partial charge is 0.0626 e. The van der Waals surface area contributed by atoms with E-state index in [9.17, 15) is 0 Å². The third kappa shape index (κ3) is 1.58. The van der Waals surface area contributed by atoms with Crippen LogP contribution in [-0.2, 0) is 0 Å². The van der Waals surface area contributed by atoms with Gasteiger partial charge >= 0.3 is 0 Å². The quantitative estimate of drug-likeness (QED) is 0.706. The molecule has 0 radical (unpaired) electrons. The fraction of sp³-hybridized carbons (Fsp3) is 0.300. The van der Waals surface area contributed by atoms with Gasteiger partial charge in [-0.05, 0) is 49.0 Å². The summed E-state index contributed by atoms with van der Waals surface area (Å²) in [5.74, 6) is 0.517. The minimum Gasteiger partial charge on any atom is -0.337 e. The monoisotopic (exact) mass is 273 g/mol. The van der Waals surface area contributed by atoms with Crippen LogP contribution in [0.15, 0.2) is 71.5 Å². The molecule has 0 N–H and O–H groups in total. The maximum atomic E-state index is 2.60. The maximum absolute atomic E-state index is 2.60. The second-order valence-electron chi connectivity index (χ2n) is 6.48. The molecule has 0 saturated heterocycles. The molecule has 0 amide bonds. The average molecular weight is 273 g/mol. The van der Waals surface area contributed by atoms with Crippen molar-refractivity contribution in [2.45, 2.75) is 37.6 Å². The molecule has 0 aromatic heterocycles. The van der Waals surface area contributed by atoms with Crippen LogP contribution < -0.4 is 4.90 Å². The van der Waals surface area contributed by atoms with E-state index in [2.05, 4.69) is 59.5 Å². The molecule has 0 spiro atoms. The van der Waals surface area contributed by atoms with Crippen LogP contribution in [0.4, 0.5) is 5.69 Å². The van der Waals surface area contributed by atoms with Gasteiger partial charge in [-0.2, -0.15) is 0 Å². The average Bonchev–Trinajstić information content (AvgIpc) is 2.84. The summed E-state index contributed by atoms with van der Waals surface area (Å²) in [4.78, 5) is 2.60. The number of hydrogen-bond donors (Lipinski definition) is 0. The van der Waals surface area contributed by atoms with Crippen LogP contribution in [0.2, 0.25) is 0 Å². The summed E-state index contributed by atoms with van der Waals surface area (Å²) in [6.45, 7) is 0. The molecule has 4 aliphatic rings. The first kappa shape index (κ1) is 11.6. The summed E-state index contributed by atoms with van der Waals surface area (Å²) in [6, 6.07) is 9.41. The second kappa shape index (κ2) is 4.24. The van der Waals surface area contributed by atoms with Crippen LogP contribution in [0.25, 0.3) is 0 Å². The predicted octanol–water partition coefficient (Wildman–Crippen LogP) is 4.85. The summed E-state index contributed by atoms with van der Waals surface area (Å²) in [7, 11) is 0. The first-order chi connectivity index (χ1) is 10.4. The Balaban J connectivity index is 1.64. The molecule has 104 valence electrons. The van der Waals surface area contributed by atoms with Crippen LogP contribution in [0.1, 0.15) is 37.2 Å². The SMILES string of the molecule is C1=CC2c3ccccc3N(C3=CC4=C(CC3)CC4)C2C=C1. The lowest BCUT2D eigenvalue weighted by Gasteiger charge is -2.35. The number of hydrogen-bond acceptors (Lipinski definition) is 1. The molecule has 0 saturated carbocycles. The Kier molecular flexibility index (Phi) is 2.34. The minimum atomic E-state index is 0.473. The maximum Gasteiger partial charge on any atom is 0.0626 e. The zero-order chi connectivity index (χ0) is 13.8. The Hall–Kier alpha value is -2.02. The number of fused-ring (bicyclic) bond motifs is 3. The molecule has 0 bridgehead atoms. The van der Waals surface area contributed by atoms with Gasteiger partial charge in [-0.3, -0.25) is 0 Å². The Labute approximate surface area is 126 Å². The van der Waals surface area contributed by atoms with Crippen molar-refractivity contribution in [1.82, 2.24) is 0 Å². The first-order valence-corrected chi connectivity index (χ1v) is 8.06. The second-order valence-corrected chi connectivity index (χ2v) is 6.48. The summed E-state index contributed by atoms with van der Waals surface area (Å²) < 4.78 is 0. The summed E-state index contributed by atoms with van der Waals surface area (Å²) in [5.41, 5.74) is 7.75. The highest BCUT2D eigenvalue weighted by atomic mass is 15.2. The van der Waals surface area contributed by atoms with Crippen molar-refractivity contribution >= 4 is 5.69 Å². The van der Waals surface area contributed by atoms with Crippen molar-refractivity contribution < 1.29 is 0 Å². The van der Waals surface area contributed by atoms with Crippen LogP contribution in [0.5, 0.6) is 0 Å². The van der Waals surface area contributed by atoms with E-state index in [1.54, 1.807) is 11.1 Å². The molecule has 1 aliphatic heterocycles. The molecule has 2 atom stereocenters. The minimum absolute atomic E-state index is 0.473. The summed E-state index contributed by atoms with van der Waals surface area (Å²) >= 11 is 0. The zero-order valence-corrected chi connectivity index (χ0v) is 12.1. The van der Waals surface area contributed by atoms with E-state index in [-0.39, 0.29) is 0 Å².